The summed E-state index contributed by atoms with van der Waals surface area (Å²) in [5.41, 5.74) is 0. The maximum Gasteiger partial charge on any atom is 0.373 e. The number of carbonyl (C=O) groups is 3. The molecule has 0 aromatic carbocycles. The summed E-state index contributed by atoms with van der Waals surface area (Å²) in [5.74, 6) is -2.76. The molecule has 1 atom stereocenters. The minimum absolute atomic E-state index is 0.219. The smallest absolute Gasteiger partial charge is 0.373 e. The van der Waals surface area contributed by atoms with E-state index in [-0.39, 0.29) is 6.29 Å². The van der Waals surface area contributed by atoms with Crippen LogP contribution in [0, 0.1) is 0 Å². The van der Waals surface area contributed by atoms with E-state index in [0.29, 0.717) is 0 Å². The van der Waals surface area contributed by atoms with Crippen LogP contribution < -0.4 is 0 Å². The van der Waals surface area contributed by atoms with Crippen molar-refractivity contribution in [1.29, 1.82) is 0 Å². The van der Waals surface area contributed by atoms with E-state index in [0.717, 1.165) is 0 Å². The monoisotopic (exact) mass is 194 g/mol. The maximum atomic E-state index is 10.2. The second-order valence-electron chi connectivity index (χ2n) is 1.21. The molecule has 0 fully saturated rings. The highest BCUT2D eigenvalue weighted by Gasteiger charge is 2.20. The molecular weight excluding hydrogens is 192 g/mol. The SMILES string of the molecule is O=CC(Br)C(=O)C(=O)O. The van der Waals surface area contributed by atoms with Crippen LogP contribution in [0.1, 0.15) is 0 Å². The Kier molecular flexibility index (Phi) is 3.08. The predicted molar refractivity (Wildman–Crippen MR) is 31.4 cm³/mol. The Hall–Kier alpha value is -0.710. The molecule has 0 spiro atoms. The molecule has 0 radical (unpaired) electrons. The lowest BCUT2D eigenvalue weighted by atomic mass is 10.3. The summed E-state index contributed by atoms with van der Waals surface area (Å²) in [7, 11) is 0. The molecule has 0 amide bonds. The zero-order chi connectivity index (χ0) is 7.44. The first-order valence-corrected chi connectivity index (χ1v) is 2.87. The largest absolute Gasteiger partial charge is 0.475 e. The molecule has 0 rings (SSSR count). The van der Waals surface area contributed by atoms with Gasteiger partial charge in [0.15, 0.2) is 0 Å². The van der Waals surface area contributed by atoms with Gasteiger partial charge in [-0.25, -0.2) is 4.79 Å². The molecule has 1 N–H and O–H groups in total. The molecule has 5 heteroatoms. The van der Waals surface area contributed by atoms with Crippen LogP contribution >= 0.6 is 15.9 Å². The number of hydrogen-bond donors (Lipinski definition) is 1. The first-order valence-electron chi connectivity index (χ1n) is 1.96. The second kappa shape index (κ2) is 3.34. The number of aldehydes is 1. The average Bonchev–Trinajstić information content (AvgIpc) is 1.84. The predicted octanol–water partition coefficient (Wildman–Crippen LogP) is -0.398. The molecular formula is C4H3BrO4. The standard InChI is InChI=1S/C4H3BrO4/c5-2(1-6)3(7)4(8)9/h1-2H,(H,8,9). The van der Waals surface area contributed by atoms with Crippen LogP contribution in [0.3, 0.4) is 0 Å². The highest BCUT2D eigenvalue weighted by Crippen LogP contribution is 1.95. The molecule has 0 aliphatic heterocycles. The highest BCUT2D eigenvalue weighted by molar-refractivity contribution is 9.10. The summed E-state index contributed by atoms with van der Waals surface area (Å²) >= 11 is 2.54. The third kappa shape index (κ3) is 2.36. The van der Waals surface area contributed by atoms with E-state index in [4.69, 9.17) is 5.11 Å². The van der Waals surface area contributed by atoms with E-state index in [1.807, 2.05) is 0 Å². The molecule has 0 heterocycles. The second-order valence-corrected chi connectivity index (χ2v) is 2.19. The zero-order valence-corrected chi connectivity index (χ0v) is 5.79. The van der Waals surface area contributed by atoms with Gasteiger partial charge in [-0.05, 0) is 0 Å². The van der Waals surface area contributed by atoms with Gasteiger partial charge in [-0.2, -0.15) is 0 Å². The van der Waals surface area contributed by atoms with Gasteiger partial charge < -0.3 is 9.90 Å². The fraction of sp³-hybridized carbons (Fsp3) is 0.250. The molecule has 0 aliphatic carbocycles. The lowest BCUT2D eigenvalue weighted by Gasteiger charge is -1.91. The maximum absolute atomic E-state index is 10.2. The number of carbonyl (C=O) groups excluding carboxylic acids is 2. The van der Waals surface area contributed by atoms with Crippen LogP contribution in [0.25, 0.3) is 0 Å². The molecule has 0 aromatic heterocycles. The third-order valence-corrected chi connectivity index (χ3v) is 1.21. The van der Waals surface area contributed by atoms with E-state index in [1.165, 1.54) is 0 Å². The van der Waals surface area contributed by atoms with Crippen LogP contribution in [0.2, 0.25) is 0 Å². The molecule has 0 saturated carbocycles. The molecule has 0 bridgehead atoms. The Morgan fingerprint density at radius 3 is 2.11 bits per heavy atom. The van der Waals surface area contributed by atoms with Crippen molar-refractivity contribution in [3.63, 3.8) is 0 Å². The van der Waals surface area contributed by atoms with Crippen LogP contribution in [-0.4, -0.2) is 28.0 Å². The first kappa shape index (κ1) is 8.29. The number of ketones is 1. The van der Waals surface area contributed by atoms with Crippen molar-refractivity contribution in [2.75, 3.05) is 0 Å². The number of Topliss-reactive ketones (excluding diaryl/α,β-unsaturated/α-hetero) is 1. The summed E-state index contributed by atoms with van der Waals surface area (Å²) in [6.07, 6.45) is 0.219. The van der Waals surface area contributed by atoms with E-state index >= 15 is 0 Å². The normalized spacial score (nSPS) is 12.1. The minimum atomic E-state index is -1.61. The number of carboxylic acids is 1. The Labute approximate surface area is 59.0 Å². The molecule has 0 aliphatic rings. The minimum Gasteiger partial charge on any atom is -0.475 e. The summed E-state index contributed by atoms with van der Waals surface area (Å²) in [4.78, 5) is 28.5. The average molecular weight is 195 g/mol. The van der Waals surface area contributed by atoms with E-state index in [2.05, 4.69) is 15.9 Å². The van der Waals surface area contributed by atoms with Gasteiger partial charge in [0, 0.05) is 0 Å². The Bertz CT molecular complexity index is 153. The Balaban J connectivity index is 4.03. The quantitative estimate of drug-likeness (QED) is 0.288. The summed E-state index contributed by atoms with van der Waals surface area (Å²) in [6.45, 7) is 0. The molecule has 0 aromatic rings. The van der Waals surface area contributed by atoms with Gasteiger partial charge in [-0.3, -0.25) is 4.79 Å². The zero-order valence-electron chi connectivity index (χ0n) is 4.20. The summed E-state index contributed by atoms with van der Waals surface area (Å²) < 4.78 is 0. The van der Waals surface area contributed by atoms with Gasteiger partial charge in [0.05, 0.1) is 0 Å². The van der Waals surface area contributed by atoms with E-state index in [1.54, 1.807) is 0 Å². The molecule has 9 heavy (non-hydrogen) atoms. The first-order chi connectivity index (χ1) is 4.09. The van der Waals surface area contributed by atoms with Gasteiger partial charge in [0.1, 0.15) is 11.1 Å². The van der Waals surface area contributed by atoms with E-state index in [9.17, 15) is 14.4 Å². The Morgan fingerprint density at radius 2 is 2.00 bits per heavy atom. The number of alkyl halides is 1. The number of halogens is 1. The summed E-state index contributed by atoms with van der Waals surface area (Å²) in [6, 6.07) is 0. The van der Waals surface area contributed by atoms with Crippen molar-refractivity contribution < 1.29 is 19.5 Å². The van der Waals surface area contributed by atoms with Crippen molar-refractivity contribution in [3.05, 3.63) is 0 Å². The van der Waals surface area contributed by atoms with Crippen molar-refractivity contribution in [2.45, 2.75) is 4.83 Å². The number of carboxylic acid groups (broad SMARTS) is 1. The van der Waals surface area contributed by atoms with Crippen molar-refractivity contribution in [1.82, 2.24) is 0 Å². The molecule has 0 saturated heterocycles. The topological polar surface area (TPSA) is 71.4 Å². The van der Waals surface area contributed by atoms with Gasteiger partial charge in [0.25, 0.3) is 5.78 Å². The highest BCUT2D eigenvalue weighted by atomic mass is 79.9. The van der Waals surface area contributed by atoms with Gasteiger partial charge in [-0.15, -0.1) is 0 Å². The lowest BCUT2D eigenvalue weighted by Crippen LogP contribution is -2.24. The van der Waals surface area contributed by atoms with Crippen LogP contribution in [0.4, 0.5) is 0 Å². The fourth-order valence-electron chi connectivity index (χ4n) is 0.180. The van der Waals surface area contributed by atoms with E-state index < -0.39 is 16.6 Å². The van der Waals surface area contributed by atoms with Crippen molar-refractivity contribution >= 4 is 34.0 Å². The number of rotatable bonds is 3. The number of aliphatic carboxylic acids is 1. The fourth-order valence-corrected chi connectivity index (χ4v) is 0.376. The van der Waals surface area contributed by atoms with Crippen LogP contribution in [0.15, 0.2) is 0 Å². The Morgan fingerprint density at radius 1 is 1.56 bits per heavy atom. The van der Waals surface area contributed by atoms with Gasteiger partial charge in [-0.1, -0.05) is 15.9 Å². The molecule has 1 unspecified atom stereocenters. The number of hydrogen-bond acceptors (Lipinski definition) is 3. The lowest BCUT2D eigenvalue weighted by molar-refractivity contribution is -0.149. The van der Waals surface area contributed by atoms with Gasteiger partial charge >= 0.3 is 5.97 Å². The van der Waals surface area contributed by atoms with Gasteiger partial charge in [0.2, 0.25) is 0 Å². The third-order valence-electron chi connectivity index (χ3n) is 0.581. The van der Waals surface area contributed by atoms with Crippen LogP contribution in [-0.2, 0) is 14.4 Å². The molecule has 50 valence electrons. The van der Waals surface area contributed by atoms with Crippen molar-refractivity contribution in [3.8, 4) is 0 Å². The summed E-state index contributed by atoms with van der Waals surface area (Å²) in [5, 5.41) is 7.95. The van der Waals surface area contributed by atoms with Crippen LogP contribution in [0.5, 0.6) is 0 Å². The van der Waals surface area contributed by atoms with Crippen molar-refractivity contribution in [2.24, 2.45) is 0 Å². The molecule has 4 nitrogen and oxygen atoms in total.